The van der Waals surface area contributed by atoms with Crippen LogP contribution in [0.5, 0.6) is 0 Å². The summed E-state index contributed by atoms with van der Waals surface area (Å²) in [7, 11) is -3.51. The van der Waals surface area contributed by atoms with Crippen LogP contribution in [0, 0.1) is 0 Å². The Hall–Kier alpha value is -0.230. The molecule has 1 aliphatic carbocycles. The maximum absolute atomic E-state index is 12.8. The summed E-state index contributed by atoms with van der Waals surface area (Å²) < 4.78 is 52.9. The van der Waals surface area contributed by atoms with Crippen LogP contribution in [0.1, 0.15) is 39.0 Å². The van der Waals surface area contributed by atoms with Gasteiger partial charge in [0.2, 0.25) is 5.92 Å². The van der Waals surface area contributed by atoms with E-state index in [0.29, 0.717) is 6.42 Å². The minimum Gasteiger partial charge on any atom is -0.267 e. The molecule has 0 aromatic heterocycles. The van der Waals surface area contributed by atoms with Crippen LogP contribution in [-0.4, -0.2) is 26.2 Å². The first kappa shape index (κ1) is 12.8. The van der Waals surface area contributed by atoms with E-state index < -0.39 is 22.1 Å². The quantitative estimate of drug-likeness (QED) is 0.710. The normalized spacial score (nSPS) is 22.9. The first-order valence-corrected chi connectivity index (χ1v) is 6.71. The maximum Gasteiger partial charge on any atom is 0.267 e. The highest BCUT2D eigenvalue weighted by molar-refractivity contribution is 7.86. The molecule has 0 radical (unpaired) electrons. The third kappa shape index (κ3) is 4.42. The van der Waals surface area contributed by atoms with Gasteiger partial charge in [0.15, 0.2) is 0 Å². The molecule has 0 saturated heterocycles. The zero-order valence-corrected chi connectivity index (χ0v) is 9.53. The highest BCUT2D eigenvalue weighted by atomic mass is 32.2. The molecule has 0 aromatic carbocycles. The predicted molar refractivity (Wildman–Crippen MR) is 52.4 cm³/mol. The number of halogens is 2. The highest BCUT2D eigenvalue weighted by Crippen LogP contribution is 2.34. The second-order valence-corrected chi connectivity index (χ2v) is 5.63. The topological polar surface area (TPSA) is 43.4 Å². The van der Waals surface area contributed by atoms with Gasteiger partial charge in [0.25, 0.3) is 10.1 Å². The van der Waals surface area contributed by atoms with Gasteiger partial charge in [-0.2, -0.15) is 8.42 Å². The van der Waals surface area contributed by atoms with Crippen molar-refractivity contribution in [3.8, 4) is 0 Å². The number of hydrogen-bond acceptors (Lipinski definition) is 3. The van der Waals surface area contributed by atoms with Crippen molar-refractivity contribution in [2.24, 2.45) is 0 Å². The van der Waals surface area contributed by atoms with E-state index in [9.17, 15) is 17.2 Å². The van der Waals surface area contributed by atoms with Crippen LogP contribution in [0.15, 0.2) is 0 Å². The van der Waals surface area contributed by atoms with Crippen molar-refractivity contribution in [2.45, 2.75) is 51.1 Å². The van der Waals surface area contributed by atoms with E-state index in [-0.39, 0.29) is 31.4 Å². The average Bonchev–Trinajstić information content (AvgIpc) is 2.08. The standard InChI is InChI=1S/C9H16F2O3S/c1-2-7-15(12,13)14-8-3-5-9(10,11)6-4-8/h8H,2-7H2,1H3. The molecule has 90 valence electrons. The summed E-state index contributed by atoms with van der Waals surface area (Å²) in [5, 5.41) is 0. The third-order valence-corrected chi connectivity index (χ3v) is 3.87. The van der Waals surface area contributed by atoms with Crippen molar-refractivity contribution in [2.75, 3.05) is 5.75 Å². The number of alkyl halides is 2. The first-order valence-electron chi connectivity index (χ1n) is 5.13. The van der Waals surface area contributed by atoms with Gasteiger partial charge in [0, 0.05) is 12.8 Å². The van der Waals surface area contributed by atoms with Crippen LogP contribution < -0.4 is 0 Å². The van der Waals surface area contributed by atoms with Crippen LogP contribution >= 0.6 is 0 Å². The third-order valence-electron chi connectivity index (χ3n) is 2.40. The van der Waals surface area contributed by atoms with Gasteiger partial charge in [-0.1, -0.05) is 6.92 Å². The Balaban J connectivity index is 2.42. The second kappa shape index (κ2) is 4.74. The average molecular weight is 242 g/mol. The Morgan fingerprint density at radius 3 is 2.33 bits per heavy atom. The molecule has 0 amide bonds. The van der Waals surface area contributed by atoms with Crippen LogP contribution in [0.2, 0.25) is 0 Å². The van der Waals surface area contributed by atoms with Gasteiger partial charge in [-0.25, -0.2) is 8.78 Å². The largest absolute Gasteiger partial charge is 0.267 e. The van der Waals surface area contributed by atoms with Crippen LogP contribution in [-0.2, 0) is 14.3 Å². The van der Waals surface area contributed by atoms with Gasteiger partial charge in [-0.3, -0.25) is 4.18 Å². The summed E-state index contributed by atoms with van der Waals surface area (Å²) in [5.74, 6) is -2.69. The van der Waals surface area contributed by atoms with E-state index in [1.807, 2.05) is 0 Å². The highest BCUT2D eigenvalue weighted by Gasteiger charge is 2.36. The second-order valence-electron chi connectivity index (χ2n) is 3.91. The summed E-state index contributed by atoms with van der Waals surface area (Å²) in [6.45, 7) is 1.73. The molecule has 0 N–H and O–H groups in total. The lowest BCUT2D eigenvalue weighted by Gasteiger charge is -2.27. The molecule has 1 rings (SSSR count). The van der Waals surface area contributed by atoms with Crippen LogP contribution in [0.3, 0.4) is 0 Å². The summed E-state index contributed by atoms with van der Waals surface area (Å²) in [6.07, 6.45) is -0.392. The lowest BCUT2D eigenvalue weighted by molar-refractivity contribution is -0.0574. The molecule has 0 heterocycles. The first-order chi connectivity index (χ1) is 6.85. The van der Waals surface area contributed by atoms with Crippen molar-refractivity contribution in [3.05, 3.63) is 0 Å². The monoisotopic (exact) mass is 242 g/mol. The maximum atomic E-state index is 12.8. The molecule has 0 aliphatic heterocycles. The SMILES string of the molecule is CCCS(=O)(=O)OC1CCC(F)(F)CC1. The van der Waals surface area contributed by atoms with E-state index in [1.54, 1.807) is 6.92 Å². The fraction of sp³-hybridized carbons (Fsp3) is 1.00. The number of hydrogen-bond donors (Lipinski definition) is 0. The minimum atomic E-state index is -3.51. The van der Waals surface area contributed by atoms with Crippen LogP contribution in [0.4, 0.5) is 8.78 Å². The van der Waals surface area contributed by atoms with Gasteiger partial charge >= 0.3 is 0 Å². The molecular formula is C9H16F2O3S. The van der Waals surface area contributed by atoms with Crippen molar-refractivity contribution in [1.82, 2.24) is 0 Å². The Labute approximate surface area is 88.9 Å². The van der Waals surface area contributed by atoms with Gasteiger partial charge in [0.05, 0.1) is 11.9 Å². The predicted octanol–water partition coefficient (Wildman–Crippen LogP) is 2.32. The Morgan fingerprint density at radius 1 is 1.33 bits per heavy atom. The molecule has 0 aromatic rings. The molecule has 1 fully saturated rings. The van der Waals surface area contributed by atoms with Gasteiger partial charge in [-0.15, -0.1) is 0 Å². The lowest BCUT2D eigenvalue weighted by Crippen LogP contribution is -2.31. The van der Waals surface area contributed by atoms with Crippen molar-refractivity contribution in [1.29, 1.82) is 0 Å². The molecule has 6 heteroatoms. The minimum absolute atomic E-state index is 0.0418. The molecule has 0 bridgehead atoms. The van der Waals surface area contributed by atoms with E-state index in [0.717, 1.165) is 0 Å². The molecule has 1 aliphatic rings. The van der Waals surface area contributed by atoms with E-state index in [2.05, 4.69) is 0 Å². The molecule has 0 atom stereocenters. The fourth-order valence-electron chi connectivity index (χ4n) is 1.62. The lowest BCUT2D eigenvalue weighted by atomic mass is 9.94. The van der Waals surface area contributed by atoms with E-state index in [1.165, 1.54) is 0 Å². The van der Waals surface area contributed by atoms with Gasteiger partial charge in [-0.05, 0) is 19.3 Å². The van der Waals surface area contributed by atoms with Gasteiger partial charge in [0.1, 0.15) is 0 Å². The van der Waals surface area contributed by atoms with E-state index >= 15 is 0 Å². The van der Waals surface area contributed by atoms with Crippen molar-refractivity contribution >= 4 is 10.1 Å². The zero-order chi connectivity index (χ0) is 11.5. The fourth-order valence-corrected chi connectivity index (χ4v) is 2.82. The van der Waals surface area contributed by atoms with Crippen molar-refractivity contribution < 1.29 is 21.4 Å². The molecule has 15 heavy (non-hydrogen) atoms. The number of rotatable bonds is 4. The van der Waals surface area contributed by atoms with E-state index in [4.69, 9.17) is 4.18 Å². The summed E-state index contributed by atoms with van der Waals surface area (Å²) >= 11 is 0. The smallest absolute Gasteiger partial charge is 0.267 e. The molecule has 3 nitrogen and oxygen atoms in total. The molecule has 1 saturated carbocycles. The van der Waals surface area contributed by atoms with Gasteiger partial charge < -0.3 is 0 Å². The van der Waals surface area contributed by atoms with Crippen molar-refractivity contribution in [3.63, 3.8) is 0 Å². The molecular weight excluding hydrogens is 226 g/mol. The Bertz CT molecular complexity index is 290. The summed E-state index contributed by atoms with van der Waals surface area (Å²) in [4.78, 5) is 0. The Morgan fingerprint density at radius 2 is 1.87 bits per heavy atom. The Kier molecular flexibility index (Phi) is 4.06. The molecule has 0 spiro atoms. The van der Waals surface area contributed by atoms with Crippen LogP contribution in [0.25, 0.3) is 0 Å². The zero-order valence-electron chi connectivity index (χ0n) is 8.71. The molecule has 0 unspecified atom stereocenters. The summed E-state index contributed by atoms with van der Waals surface area (Å²) in [6, 6.07) is 0. The summed E-state index contributed by atoms with van der Waals surface area (Å²) in [5.41, 5.74) is 0.